The van der Waals surface area contributed by atoms with E-state index in [1.54, 1.807) is 0 Å². The Labute approximate surface area is 239 Å². The van der Waals surface area contributed by atoms with Crippen LogP contribution in [-0.2, 0) is 55.2 Å². The summed E-state index contributed by atoms with van der Waals surface area (Å²) < 4.78 is 4.75. The van der Waals surface area contributed by atoms with Crippen LogP contribution in [0.4, 0.5) is 0 Å². The van der Waals surface area contributed by atoms with Gasteiger partial charge in [-0.15, -0.1) is 6.07 Å². The Hall–Kier alpha value is -2.92. The molecule has 172 valence electrons. The number of fused-ring (bicyclic) bond motifs is 10. The van der Waals surface area contributed by atoms with E-state index in [-0.39, 0.29) is 42.1 Å². The van der Waals surface area contributed by atoms with Crippen molar-refractivity contribution < 1.29 is 51.3 Å². The third kappa shape index (κ3) is 4.07. The Bertz CT molecular complexity index is 1600. The summed E-state index contributed by atoms with van der Waals surface area (Å²) in [6.07, 6.45) is 0. The van der Waals surface area contributed by atoms with E-state index >= 15 is 0 Å². The summed E-state index contributed by atoms with van der Waals surface area (Å²) in [7, 11) is 0. The monoisotopic (exact) mass is 802 g/mol. The van der Waals surface area contributed by atoms with Crippen LogP contribution >= 0.6 is 0 Å². The van der Waals surface area contributed by atoms with E-state index in [4.69, 9.17) is 0 Å². The van der Waals surface area contributed by atoms with Crippen LogP contribution in [0.5, 0.6) is 0 Å². The van der Waals surface area contributed by atoms with E-state index in [1.165, 1.54) is 55.4 Å². The molecule has 0 amide bonds. The minimum absolute atomic E-state index is 0. The first-order valence-electron chi connectivity index (χ1n) is 11.7. The van der Waals surface area contributed by atoms with Gasteiger partial charge in [-0.2, -0.15) is 36.4 Å². The Kier molecular flexibility index (Phi) is 7.02. The van der Waals surface area contributed by atoms with Crippen molar-refractivity contribution in [3.8, 4) is 22.5 Å². The fourth-order valence-corrected chi connectivity index (χ4v) is 5.37. The molecule has 2 aromatic heterocycles. The molecule has 0 bridgehead atoms. The molecule has 0 saturated heterocycles. The predicted octanol–water partition coefficient (Wildman–Crippen LogP) is 5.91. The topological polar surface area (TPSA) is 7.76 Å². The van der Waals surface area contributed by atoms with Crippen molar-refractivity contribution in [1.29, 1.82) is 0 Å². The van der Waals surface area contributed by atoms with Gasteiger partial charge in [0.1, 0.15) is 11.0 Å². The van der Waals surface area contributed by atoms with Gasteiger partial charge in [0, 0.05) is 59.3 Å². The van der Waals surface area contributed by atoms with Crippen LogP contribution in [0.2, 0.25) is 0 Å². The van der Waals surface area contributed by atoms with Crippen LogP contribution < -0.4 is 9.13 Å². The maximum Gasteiger partial charge on any atom is 0.211 e. The average molecular weight is 802 g/mol. The molecule has 36 heavy (non-hydrogen) atoms. The molecule has 2 aliphatic rings. The molecule has 0 spiro atoms. The molecule has 6 aromatic rings. The molecule has 0 unspecified atom stereocenters. The van der Waals surface area contributed by atoms with Crippen LogP contribution in [-0.4, -0.2) is 0 Å². The third-order valence-corrected chi connectivity index (χ3v) is 7.00. The number of hydrogen-bond acceptors (Lipinski definition) is 0. The minimum atomic E-state index is 0. The fraction of sp³-hybridized carbons (Fsp3) is 0.0625. The first-order valence-corrected chi connectivity index (χ1v) is 11.7. The SMILES string of the molecule is [W].[W].[c-]1ccc2c(c1)ccc1[n+]2Cc2ccccc2-1.[c-]1ccc2ccc3[n+](c2c1)Cc1ccccc1-3. The number of pyridine rings is 2. The molecule has 2 nitrogen and oxygen atoms in total. The third-order valence-electron chi connectivity index (χ3n) is 7.00. The smallest absolute Gasteiger partial charge is 0.211 e. The van der Waals surface area contributed by atoms with E-state index in [9.17, 15) is 0 Å². The summed E-state index contributed by atoms with van der Waals surface area (Å²) in [4.78, 5) is 0. The zero-order valence-electron chi connectivity index (χ0n) is 19.5. The maximum absolute atomic E-state index is 3.17. The van der Waals surface area contributed by atoms with Crippen LogP contribution in [0.15, 0.2) is 109 Å². The van der Waals surface area contributed by atoms with E-state index in [0.29, 0.717) is 0 Å². The van der Waals surface area contributed by atoms with E-state index in [2.05, 4.69) is 112 Å². The van der Waals surface area contributed by atoms with E-state index in [1.807, 2.05) is 18.2 Å². The minimum Gasteiger partial charge on any atom is -0.241 e. The number of nitrogens with zero attached hydrogens (tertiary/aromatic N) is 2. The van der Waals surface area contributed by atoms with Crippen molar-refractivity contribution in [3.05, 3.63) is 132 Å². The van der Waals surface area contributed by atoms with Gasteiger partial charge in [0.15, 0.2) is 13.1 Å². The van der Waals surface area contributed by atoms with Gasteiger partial charge in [-0.05, 0) is 18.2 Å². The average Bonchev–Trinajstić information content (AvgIpc) is 3.48. The zero-order chi connectivity index (χ0) is 22.5. The molecule has 0 aliphatic carbocycles. The van der Waals surface area contributed by atoms with Gasteiger partial charge in [0.25, 0.3) is 0 Å². The van der Waals surface area contributed by atoms with Crippen molar-refractivity contribution in [2.45, 2.75) is 13.1 Å². The first-order chi connectivity index (χ1) is 16.9. The number of hydrogen-bond donors (Lipinski definition) is 0. The molecule has 4 aromatic carbocycles. The molecule has 4 heteroatoms. The van der Waals surface area contributed by atoms with Crippen LogP contribution in [0.25, 0.3) is 44.3 Å². The Balaban J connectivity index is 0.000000140. The second kappa shape index (κ2) is 10.2. The van der Waals surface area contributed by atoms with Gasteiger partial charge in [0.2, 0.25) is 11.4 Å². The summed E-state index contributed by atoms with van der Waals surface area (Å²) >= 11 is 0. The van der Waals surface area contributed by atoms with Crippen molar-refractivity contribution in [2.75, 3.05) is 0 Å². The quantitative estimate of drug-likeness (QED) is 0.133. The Morgan fingerprint density at radius 1 is 0.500 bits per heavy atom. The van der Waals surface area contributed by atoms with Crippen LogP contribution in [0.1, 0.15) is 11.1 Å². The maximum atomic E-state index is 3.17. The van der Waals surface area contributed by atoms with E-state index in [0.717, 1.165) is 13.1 Å². The largest absolute Gasteiger partial charge is 0.241 e. The molecule has 0 radical (unpaired) electrons. The molecule has 0 fully saturated rings. The Morgan fingerprint density at radius 3 is 1.75 bits per heavy atom. The molecular formula is C32H22N2W2. The summed E-state index contributed by atoms with van der Waals surface area (Å²) in [6.45, 7) is 1.95. The van der Waals surface area contributed by atoms with E-state index < -0.39 is 0 Å². The number of aromatic nitrogens is 2. The predicted molar refractivity (Wildman–Crippen MR) is 135 cm³/mol. The van der Waals surface area contributed by atoms with Crippen molar-refractivity contribution >= 4 is 21.8 Å². The first kappa shape index (κ1) is 24.8. The van der Waals surface area contributed by atoms with Crippen LogP contribution in [0, 0.1) is 12.1 Å². The fourth-order valence-electron chi connectivity index (χ4n) is 5.37. The van der Waals surface area contributed by atoms with Gasteiger partial charge in [0.05, 0.1) is 11.1 Å². The standard InChI is InChI=1S/2C16H11N.2W/c2*1-3-7-14-13(6-1)11-17-15-8-4-2-5-12(15)9-10-16(14)17;;/h1,3-10H,11H2;1-3,5-10H,11H2;;. The second-order valence-electron chi connectivity index (χ2n) is 8.89. The molecule has 4 heterocycles. The van der Waals surface area contributed by atoms with Gasteiger partial charge in [-0.3, -0.25) is 0 Å². The van der Waals surface area contributed by atoms with Crippen molar-refractivity contribution in [3.63, 3.8) is 0 Å². The normalized spacial score (nSPS) is 11.8. The number of benzene rings is 4. The molecular weight excluding hydrogens is 780 g/mol. The molecule has 8 rings (SSSR count). The molecule has 0 saturated carbocycles. The van der Waals surface area contributed by atoms with Gasteiger partial charge >= 0.3 is 0 Å². The number of rotatable bonds is 0. The molecule has 2 aliphatic heterocycles. The summed E-state index contributed by atoms with van der Waals surface area (Å²) in [5.74, 6) is 0. The van der Waals surface area contributed by atoms with Crippen molar-refractivity contribution in [1.82, 2.24) is 0 Å². The van der Waals surface area contributed by atoms with Gasteiger partial charge in [-0.25, -0.2) is 9.13 Å². The second-order valence-corrected chi connectivity index (χ2v) is 8.89. The molecule has 0 N–H and O–H groups in total. The van der Waals surface area contributed by atoms with Crippen molar-refractivity contribution in [2.24, 2.45) is 0 Å². The summed E-state index contributed by atoms with van der Waals surface area (Å²) in [5.41, 5.74) is 10.7. The Morgan fingerprint density at radius 2 is 1.06 bits per heavy atom. The summed E-state index contributed by atoms with van der Waals surface area (Å²) in [6, 6.07) is 44.7. The van der Waals surface area contributed by atoms with Gasteiger partial charge < -0.3 is 0 Å². The summed E-state index contributed by atoms with van der Waals surface area (Å²) in [5, 5.41) is 2.53. The van der Waals surface area contributed by atoms with Gasteiger partial charge in [-0.1, -0.05) is 65.4 Å². The molecule has 0 atom stereocenters. The van der Waals surface area contributed by atoms with Crippen LogP contribution in [0.3, 0.4) is 0 Å². The zero-order valence-corrected chi connectivity index (χ0v) is 25.4.